The first kappa shape index (κ1) is 16.0. The lowest BCUT2D eigenvalue weighted by Gasteiger charge is -2.21. The summed E-state index contributed by atoms with van der Waals surface area (Å²) in [5.41, 5.74) is 8.85. The SMILES string of the molecule is COCC(O)CN(C)Cc1ccc(C(N)=S)cc1C. The molecule has 5 heteroatoms. The lowest BCUT2D eigenvalue weighted by Crippen LogP contribution is -2.31. The number of nitrogens with zero attached hydrogens (tertiary/aromatic N) is 1. The number of aryl methyl sites for hydroxylation is 1. The summed E-state index contributed by atoms with van der Waals surface area (Å²) in [4.78, 5) is 2.48. The van der Waals surface area contributed by atoms with E-state index in [1.165, 1.54) is 5.56 Å². The minimum Gasteiger partial charge on any atom is -0.389 e. The first-order chi connectivity index (χ1) is 8.93. The second kappa shape index (κ2) is 7.55. The molecule has 0 aliphatic heterocycles. The smallest absolute Gasteiger partial charge is 0.103 e. The van der Waals surface area contributed by atoms with Gasteiger partial charge in [-0.1, -0.05) is 24.4 Å². The van der Waals surface area contributed by atoms with Gasteiger partial charge in [0.05, 0.1) is 12.7 Å². The van der Waals surface area contributed by atoms with Crippen molar-refractivity contribution in [3.8, 4) is 0 Å². The van der Waals surface area contributed by atoms with Crippen molar-refractivity contribution in [2.45, 2.75) is 19.6 Å². The van der Waals surface area contributed by atoms with Gasteiger partial charge >= 0.3 is 0 Å². The number of thiocarbonyl (C=S) groups is 1. The summed E-state index contributed by atoms with van der Waals surface area (Å²) >= 11 is 4.96. The largest absolute Gasteiger partial charge is 0.389 e. The monoisotopic (exact) mass is 282 g/mol. The summed E-state index contributed by atoms with van der Waals surface area (Å²) in [6.07, 6.45) is -0.466. The van der Waals surface area contributed by atoms with Crippen LogP contribution in [-0.4, -0.2) is 48.4 Å². The molecule has 19 heavy (non-hydrogen) atoms. The molecule has 1 rings (SSSR count). The van der Waals surface area contributed by atoms with E-state index in [0.717, 1.165) is 17.7 Å². The normalized spacial score (nSPS) is 12.7. The Hall–Kier alpha value is -1.01. The molecule has 1 unspecified atom stereocenters. The van der Waals surface area contributed by atoms with Crippen LogP contribution in [0.4, 0.5) is 0 Å². The van der Waals surface area contributed by atoms with E-state index in [2.05, 4.69) is 4.90 Å². The molecule has 0 spiro atoms. The molecule has 1 atom stereocenters. The second-order valence-electron chi connectivity index (χ2n) is 4.81. The van der Waals surface area contributed by atoms with Crippen LogP contribution in [0.5, 0.6) is 0 Å². The zero-order valence-electron chi connectivity index (χ0n) is 11.7. The van der Waals surface area contributed by atoms with Crippen LogP contribution in [0, 0.1) is 6.92 Å². The number of aliphatic hydroxyl groups is 1. The molecule has 0 saturated heterocycles. The van der Waals surface area contributed by atoms with Gasteiger partial charge in [-0.3, -0.25) is 4.90 Å². The van der Waals surface area contributed by atoms with E-state index in [4.69, 9.17) is 22.7 Å². The highest BCUT2D eigenvalue weighted by atomic mass is 32.1. The van der Waals surface area contributed by atoms with E-state index in [9.17, 15) is 5.11 Å². The number of nitrogens with two attached hydrogens (primary N) is 1. The van der Waals surface area contributed by atoms with Crippen molar-refractivity contribution in [1.82, 2.24) is 4.90 Å². The highest BCUT2D eigenvalue weighted by Gasteiger charge is 2.10. The number of benzene rings is 1. The van der Waals surface area contributed by atoms with Crippen molar-refractivity contribution in [3.05, 3.63) is 34.9 Å². The molecule has 0 radical (unpaired) electrons. The van der Waals surface area contributed by atoms with Crippen LogP contribution in [0.1, 0.15) is 16.7 Å². The van der Waals surface area contributed by atoms with E-state index in [-0.39, 0.29) is 0 Å². The van der Waals surface area contributed by atoms with Crippen molar-refractivity contribution in [2.75, 3.05) is 27.3 Å². The highest BCUT2D eigenvalue weighted by Crippen LogP contribution is 2.13. The Bertz CT molecular complexity index is 437. The average Bonchev–Trinajstić information content (AvgIpc) is 2.31. The zero-order valence-corrected chi connectivity index (χ0v) is 12.5. The minimum atomic E-state index is -0.466. The van der Waals surface area contributed by atoms with Crippen LogP contribution >= 0.6 is 12.2 Å². The molecule has 0 saturated carbocycles. The van der Waals surface area contributed by atoms with Gasteiger partial charge in [-0.05, 0) is 31.2 Å². The second-order valence-corrected chi connectivity index (χ2v) is 5.25. The Balaban J connectivity index is 2.64. The molecule has 0 fully saturated rings. The third-order valence-electron chi connectivity index (χ3n) is 2.95. The Labute approximate surface area is 120 Å². The fraction of sp³-hybridized carbons (Fsp3) is 0.500. The topological polar surface area (TPSA) is 58.7 Å². The summed E-state index contributed by atoms with van der Waals surface area (Å²) in [5, 5.41) is 9.68. The molecular weight excluding hydrogens is 260 g/mol. The predicted octanol–water partition coefficient (Wildman–Crippen LogP) is 1.07. The molecule has 0 heterocycles. The fourth-order valence-electron chi connectivity index (χ4n) is 1.99. The number of ether oxygens (including phenoxy) is 1. The number of likely N-dealkylation sites (N-methyl/N-ethyl adjacent to an activating group) is 1. The van der Waals surface area contributed by atoms with Crippen LogP contribution in [0.2, 0.25) is 0 Å². The van der Waals surface area contributed by atoms with Gasteiger partial charge in [0.15, 0.2) is 0 Å². The van der Waals surface area contributed by atoms with Gasteiger partial charge in [0.25, 0.3) is 0 Å². The Morgan fingerprint density at radius 3 is 2.74 bits per heavy atom. The summed E-state index contributed by atoms with van der Waals surface area (Å²) in [6, 6.07) is 5.96. The molecule has 3 N–H and O–H groups in total. The average molecular weight is 282 g/mol. The van der Waals surface area contributed by atoms with Crippen LogP contribution < -0.4 is 5.73 Å². The van der Waals surface area contributed by atoms with E-state index in [1.807, 2.05) is 32.2 Å². The molecule has 0 aliphatic carbocycles. The maximum Gasteiger partial charge on any atom is 0.103 e. The standard InChI is InChI=1S/C14H22N2O2S/c1-10-6-11(14(15)19)4-5-12(10)7-16(2)8-13(17)9-18-3/h4-6,13,17H,7-9H2,1-3H3,(H2,15,19). The first-order valence-corrected chi connectivity index (χ1v) is 6.59. The number of rotatable bonds is 7. The lowest BCUT2D eigenvalue weighted by atomic mass is 10.0. The Morgan fingerprint density at radius 2 is 2.21 bits per heavy atom. The van der Waals surface area contributed by atoms with E-state index >= 15 is 0 Å². The van der Waals surface area contributed by atoms with Gasteiger partial charge in [0, 0.05) is 25.8 Å². The molecule has 0 amide bonds. The van der Waals surface area contributed by atoms with Crippen molar-refractivity contribution in [2.24, 2.45) is 5.73 Å². The van der Waals surface area contributed by atoms with E-state index in [0.29, 0.717) is 18.1 Å². The summed E-state index contributed by atoms with van der Waals surface area (Å²) < 4.78 is 4.92. The van der Waals surface area contributed by atoms with Gasteiger partial charge in [-0.2, -0.15) is 0 Å². The quantitative estimate of drug-likeness (QED) is 0.733. The zero-order chi connectivity index (χ0) is 14.4. The number of methoxy groups -OCH3 is 1. The minimum absolute atomic E-state index is 0.351. The van der Waals surface area contributed by atoms with Gasteiger partial charge < -0.3 is 15.6 Å². The van der Waals surface area contributed by atoms with Crippen molar-refractivity contribution in [3.63, 3.8) is 0 Å². The molecule has 0 aliphatic rings. The van der Waals surface area contributed by atoms with Gasteiger partial charge in [-0.25, -0.2) is 0 Å². The molecular formula is C14H22N2O2S. The number of hydrogen-bond donors (Lipinski definition) is 2. The van der Waals surface area contributed by atoms with Gasteiger partial charge in [0.1, 0.15) is 4.99 Å². The van der Waals surface area contributed by atoms with Crippen molar-refractivity contribution >= 4 is 17.2 Å². The van der Waals surface area contributed by atoms with Crippen LogP contribution in [0.25, 0.3) is 0 Å². The maximum atomic E-state index is 9.68. The summed E-state index contributed by atoms with van der Waals surface area (Å²) in [7, 11) is 3.56. The van der Waals surface area contributed by atoms with Crippen LogP contribution in [0.3, 0.4) is 0 Å². The maximum absolute atomic E-state index is 9.68. The number of hydrogen-bond acceptors (Lipinski definition) is 4. The van der Waals surface area contributed by atoms with E-state index < -0.39 is 6.10 Å². The lowest BCUT2D eigenvalue weighted by molar-refractivity contribution is 0.0418. The molecule has 106 valence electrons. The van der Waals surface area contributed by atoms with Gasteiger partial charge in [0.2, 0.25) is 0 Å². The summed E-state index contributed by atoms with van der Waals surface area (Å²) in [5.74, 6) is 0. The summed E-state index contributed by atoms with van der Waals surface area (Å²) in [6.45, 7) is 3.73. The third-order valence-corrected chi connectivity index (χ3v) is 3.18. The van der Waals surface area contributed by atoms with Crippen LogP contribution in [0.15, 0.2) is 18.2 Å². The predicted molar refractivity (Wildman–Crippen MR) is 81.3 cm³/mol. The van der Waals surface area contributed by atoms with Crippen molar-refractivity contribution in [1.29, 1.82) is 0 Å². The van der Waals surface area contributed by atoms with Gasteiger partial charge in [-0.15, -0.1) is 0 Å². The molecule has 4 nitrogen and oxygen atoms in total. The molecule has 1 aromatic rings. The fourth-order valence-corrected chi connectivity index (χ4v) is 2.11. The Morgan fingerprint density at radius 1 is 1.53 bits per heavy atom. The highest BCUT2D eigenvalue weighted by molar-refractivity contribution is 7.80. The first-order valence-electron chi connectivity index (χ1n) is 6.19. The molecule has 1 aromatic carbocycles. The molecule has 0 aromatic heterocycles. The van der Waals surface area contributed by atoms with Crippen LogP contribution in [-0.2, 0) is 11.3 Å². The number of aliphatic hydroxyl groups excluding tert-OH is 1. The van der Waals surface area contributed by atoms with Crippen molar-refractivity contribution < 1.29 is 9.84 Å². The Kier molecular flexibility index (Phi) is 6.37. The van der Waals surface area contributed by atoms with E-state index in [1.54, 1.807) is 7.11 Å². The third kappa shape index (κ3) is 5.24. The molecule has 0 bridgehead atoms.